The third-order valence-corrected chi connectivity index (χ3v) is 7.95. The van der Waals surface area contributed by atoms with E-state index < -0.39 is 29.1 Å². The molecule has 37 heavy (non-hydrogen) atoms. The van der Waals surface area contributed by atoms with E-state index in [1.165, 1.54) is 18.5 Å². The van der Waals surface area contributed by atoms with E-state index >= 15 is 0 Å². The van der Waals surface area contributed by atoms with Gasteiger partial charge in [-0.3, -0.25) is 4.79 Å². The molecular weight excluding hydrogens is 498 g/mol. The average Bonchev–Trinajstić information content (AvgIpc) is 3.32. The molecule has 3 aromatic rings. The maximum Gasteiger partial charge on any atom is 0.228 e. The molecule has 2 aromatic carbocycles. The number of likely N-dealkylation sites (tertiary alicyclic amines) is 1. The van der Waals surface area contributed by atoms with Crippen LogP contribution in [0.25, 0.3) is 0 Å². The van der Waals surface area contributed by atoms with E-state index in [1.54, 1.807) is 17.3 Å². The number of halogens is 3. The summed E-state index contributed by atoms with van der Waals surface area (Å²) in [6.45, 7) is 5.45. The van der Waals surface area contributed by atoms with E-state index in [1.807, 2.05) is 49.1 Å². The van der Waals surface area contributed by atoms with Crippen LogP contribution in [0.15, 0.2) is 67.3 Å². The predicted octanol–water partition coefficient (Wildman–Crippen LogP) is 4.40. The number of hydrogen-bond acceptors (Lipinski definition) is 5. The van der Waals surface area contributed by atoms with E-state index in [4.69, 9.17) is 0 Å². The Morgan fingerprint density at radius 1 is 0.973 bits per heavy atom. The standard InChI is InChI=1S/C28H30F2N4O2.ClH/c1-18-13-34(14-19(2)28(18,36)20-6-4-3-5-7-20)27(35)25-16-33(22-11-31-17-32-12-22)15-24(25)23-9-8-21(29)10-26(23)30;/h3-12,17-19,24-25,36H,13-16H2,1-2H3;1H/t18?,19?,24-,25+,28?;/m0./s1. The van der Waals surface area contributed by atoms with Crippen LogP contribution >= 0.6 is 12.4 Å². The highest BCUT2D eigenvalue weighted by Gasteiger charge is 2.49. The molecule has 9 heteroatoms. The summed E-state index contributed by atoms with van der Waals surface area (Å²) >= 11 is 0. The summed E-state index contributed by atoms with van der Waals surface area (Å²) < 4.78 is 28.5. The van der Waals surface area contributed by atoms with Crippen molar-refractivity contribution in [2.75, 3.05) is 31.1 Å². The maximum atomic E-state index is 14.9. The first-order valence-corrected chi connectivity index (χ1v) is 12.3. The molecule has 196 valence electrons. The molecule has 2 aliphatic rings. The van der Waals surface area contributed by atoms with Crippen LogP contribution in [0.5, 0.6) is 0 Å². The number of benzene rings is 2. The van der Waals surface area contributed by atoms with Gasteiger partial charge in [-0.25, -0.2) is 18.7 Å². The zero-order valence-corrected chi connectivity index (χ0v) is 21.6. The van der Waals surface area contributed by atoms with Crippen LogP contribution in [0.2, 0.25) is 0 Å². The Morgan fingerprint density at radius 3 is 2.24 bits per heavy atom. The topological polar surface area (TPSA) is 69.6 Å². The van der Waals surface area contributed by atoms with Gasteiger partial charge in [-0.05, 0) is 17.2 Å². The molecule has 2 unspecified atom stereocenters. The van der Waals surface area contributed by atoms with Crippen LogP contribution in [0, 0.1) is 29.4 Å². The van der Waals surface area contributed by atoms with Crippen LogP contribution in [0.3, 0.4) is 0 Å². The van der Waals surface area contributed by atoms with Crippen molar-refractivity contribution in [3.05, 3.63) is 90.0 Å². The lowest BCUT2D eigenvalue weighted by Gasteiger charge is -2.48. The number of nitrogens with zero attached hydrogens (tertiary/aromatic N) is 4. The lowest BCUT2D eigenvalue weighted by atomic mass is 9.70. The van der Waals surface area contributed by atoms with Gasteiger partial charge in [0.05, 0.1) is 29.6 Å². The van der Waals surface area contributed by atoms with E-state index in [0.29, 0.717) is 31.7 Å². The molecule has 1 amide bonds. The normalized spacial score (nSPS) is 27.6. The number of piperidine rings is 1. The van der Waals surface area contributed by atoms with Gasteiger partial charge in [-0.1, -0.05) is 50.2 Å². The second kappa shape index (κ2) is 10.7. The lowest BCUT2D eigenvalue weighted by molar-refractivity contribution is -0.152. The summed E-state index contributed by atoms with van der Waals surface area (Å²) in [5, 5.41) is 11.7. The molecule has 1 aromatic heterocycles. The molecule has 2 fully saturated rings. The fraction of sp³-hybridized carbons (Fsp3) is 0.393. The number of amides is 1. The van der Waals surface area contributed by atoms with Crippen molar-refractivity contribution in [3.63, 3.8) is 0 Å². The van der Waals surface area contributed by atoms with E-state index in [0.717, 1.165) is 17.3 Å². The van der Waals surface area contributed by atoms with Crippen LogP contribution in [0.4, 0.5) is 14.5 Å². The van der Waals surface area contributed by atoms with Crippen molar-refractivity contribution in [1.29, 1.82) is 0 Å². The van der Waals surface area contributed by atoms with Gasteiger partial charge in [-0.2, -0.15) is 0 Å². The van der Waals surface area contributed by atoms with E-state index in [9.17, 15) is 18.7 Å². The Bertz CT molecular complexity index is 1220. The summed E-state index contributed by atoms with van der Waals surface area (Å²) in [4.78, 5) is 25.9. The molecule has 0 radical (unpaired) electrons. The Kier molecular flexibility index (Phi) is 7.80. The summed E-state index contributed by atoms with van der Waals surface area (Å²) in [7, 11) is 0. The minimum atomic E-state index is -1.05. The van der Waals surface area contributed by atoms with Crippen molar-refractivity contribution in [2.24, 2.45) is 17.8 Å². The first-order valence-electron chi connectivity index (χ1n) is 12.3. The molecule has 3 heterocycles. The van der Waals surface area contributed by atoms with Gasteiger partial charge in [0.15, 0.2) is 0 Å². The zero-order valence-electron chi connectivity index (χ0n) is 20.8. The van der Waals surface area contributed by atoms with Gasteiger partial charge < -0.3 is 14.9 Å². The molecule has 6 nitrogen and oxygen atoms in total. The van der Waals surface area contributed by atoms with Crippen molar-refractivity contribution in [3.8, 4) is 0 Å². The SMILES string of the molecule is CC1CN(C(=O)[C@@H]2CN(c3cncnc3)C[C@H]2c2ccc(F)cc2F)CC(C)C1(O)c1ccccc1.Cl. The molecule has 2 aliphatic heterocycles. The van der Waals surface area contributed by atoms with Crippen molar-refractivity contribution < 1.29 is 18.7 Å². The Balaban J connectivity index is 0.00000320. The highest BCUT2D eigenvalue weighted by molar-refractivity contribution is 5.85. The van der Waals surface area contributed by atoms with Crippen LogP contribution in [-0.2, 0) is 10.4 Å². The third kappa shape index (κ3) is 4.92. The van der Waals surface area contributed by atoms with Gasteiger partial charge in [0, 0.05) is 50.0 Å². The predicted molar refractivity (Wildman–Crippen MR) is 139 cm³/mol. The van der Waals surface area contributed by atoms with Crippen molar-refractivity contribution in [1.82, 2.24) is 14.9 Å². The lowest BCUT2D eigenvalue weighted by Crippen LogP contribution is -2.57. The number of rotatable bonds is 4. The molecule has 0 spiro atoms. The van der Waals surface area contributed by atoms with Gasteiger partial charge in [-0.15, -0.1) is 12.4 Å². The number of aliphatic hydroxyl groups is 1. The van der Waals surface area contributed by atoms with Crippen molar-refractivity contribution in [2.45, 2.75) is 25.4 Å². The minimum absolute atomic E-state index is 0. The highest BCUT2D eigenvalue weighted by atomic mass is 35.5. The number of anilines is 1. The van der Waals surface area contributed by atoms with Crippen LogP contribution in [-0.4, -0.2) is 52.1 Å². The quantitative estimate of drug-likeness (QED) is 0.543. The molecule has 0 aliphatic carbocycles. The molecule has 4 atom stereocenters. The highest BCUT2D eigenvalue weighted by Crippen LogP contribution is 2.43. The first kappa shape index (κ1) is 26.9. The molecular formula is C28H31ClF2N4O2. The van der Waals surface area contributed by atoms with Gasteiger partial charge >= 0.3 is 0 Å². The van der Waals surface area contributed by atoms with E-state index in [2.05, 4.69) is 9.97 Å². The average molecular weight is 529 g/mol. The molecule has 2 saturated heterocycles. The fourth-order valence-corrected chi connectivity index (χ4v) is 6.03. The van der Waals surface area contributed by atoms with E-state index in [-0.39, 0.29) is 30.2 Å². The molecule has 0 saturated carbocycles. The van der Waals surface area contributed by atoms with Crippen molar-refractivity contribution >= 4 is 24.0 Å². The number of hydrogen-bond donors (Lipinski definition) is 1. The summed E-state index contributed by atoms with van der Waals surface area (Å²) in [6.07, 6.45) is 4.77. The Labute approximate surface area is 221 Å². The largest absolute Gasteiger partial charge is 0.384 e. The monoisotopic (exact) mass is 528 g/mol. The summed E-state index contributed by atoms with van der Waals surface area (Å²) in [5.41, 5.74) is 0.871. The summed E-state index contributed by atoms with van der Waals surface area (Å²) in [5.74, 6) is -2.78. The number of aromatic nitrogens is 2. The second-order valence-corrected chi connectivity index (χ2v) is 10.1. The van der Waals surface area contributed by atoms with Gasteiger partial charge in [0.2, 0.25) is 5.91 Å². The van der Waals surface area contributed by atoms with Crippen LogP contribution in [0.1, 0.15) is 30.9 Å². The number of carbonyl (C=O) groups excluding carboxylic acids is 1. The van der Waals surface area contributed by atoms with Crippen LogP contribution < -0.4 is 4.90 Å². The van der Waals surface area contributed by atoms with Gasteiger partial charge in [0.25, 0.3) is 0 Å². The molecule has 0 bridgehead atoms. The molecule has 5 rings (SSSR count). The molecule has 1 N–H and O–H groups in total. The maximum absolute atomic E-state index is 14.9. The first-order chi connectivity index (χ1) is 17.3. The Hall–Kier alpha value is -3.10. The minimum Gasteiger partial charge on any atom is -0.384 e. The second-order valence-electron chi connectivity index (χ2n) is 10.1. The Morgan fingerprint density at radius 2 is 1.62 bits per heavy atom. The smallest absolute Gasteiger partial charge is 0.228 e. The fourth-order valence-electron chi connectivity index (χ4n) is 6.03. The summed E-state index contributed by atoms with van der Waals surface area (Å²) in [6, 6.07) is 13.1. The zero-order chi connectivity index (χ0) is 25.4. The third-order valence-electron chi connectivity index (χ3n) is 7.95. The number of carbonyl (C=O) groups is 1. The van der Waals surface area contributed by atoms with Gasteiger partial charge in [0.1, 0.15) is 18.0 Å².